The van der Waals surface area contributed by atoms with Crippen molar-refractivity contribution in [3.8, 4) is 5.75 Å². The van der Waals surface area contributed by atoms with E-state index in [9.17, 15) is 5.11 Å². The Labute approximate surface area is 137 Å². The van der Waals surface area contributed by atoms with E-state index in [0.717, 1.165) is 28.3 Å². The molecule has 0 aliphatic carbocycles. The van der Waals surface area contributed by atoms with Gasteiger partial charge in [0.05, 0.1) is 5.52 Å². The summed E-state index contributed by atoms with van der Waals surface area (Å²) in [5.41, 5.74) is 8.72. The molecule has 3 fully saturated rings. The summed E-state index contributed by atoms with van der Waals surface area (Å²) in [4.78, 5) is 6.99. The number of benzene rings is 1. The maximum atomic E-state index is 9.84. The van der Waals surface area contributed by atoms with E-state index in [0.29, 0.717) is 6.04 Å². The van der Waals surface area contributed by atoms with Crippen LogP contribution >= 0.6 is 0 Å². The molecule has 23 heavy (non-hydrogen) atoms. The van der Waals surface area contributed by atoms with E-state index in [4.69, 9.17) is 5.73 Å². The van der Waals surface area contributed by atoms with Gasteiger partial charge in [-0.3, -0.25) is 9.88 Å². The fraction of sp³-hybridized carbons (Fsp3) is 0.526. The quantitative estimate of drug-likeness (QED) is 0.914. The molecule has 5 rings (SSSR count). The van der Waals surface area contributed by atoms with Crippen molar-refractivity contribution in [1.82, 2.24) is 9.88 Å². The minimum atomic E-state index is -0.0251. The topological polar surface area (TPSA) is 62.4 Å². The van der Waals surface area contributed by atoms with Gasteiger partial charge in [-0.05, 0) is 61.1 Å². The first-order valence-electron chi connectivity index (χ1n) is 8.74. The lowest BCUT2D eigenvalue weighted by Gasteiger charge is -2.51. The summed E-state index contributed by atoms with van der Waals surface area (Å²) in [6.07, 6.45) is 5.62. The van der Waals surface area contributed by atoms with E-state index in [1.165, 1.54) is 32.4 Å². The van der Waals surface area contributed by atoms with Gasteiger partial charge in [-0.2, -0.15) is 0 Å². The predicted molar refractivity (Wildman–Crippen MR) is 92.2 cm³/mol. The molecular weight excluding hydrogens is 286 g/mol. The van der Waals surface area contributed by atoms with E-state index in [1.807, 2.05) is 18.3 Å². The number of aromatic nitrogens is 1. The number of phenols is 1. The Morgan fingerprint density at radius 2 is 2.26 bits per heavy atom. The largest absolute Gasteiger partial charge is 0.508 e. The average molecular weight is 311 g/mol. The van der Waals surface area contributed by atoms with Crippen molar-refractivity contribution in [2.75, 3.05) is 13.1 Å². The van der Waals surface area contributed by atoms with Crippen LogP contribution in [-0.2, 0) is 0 Å². The maximum Gasteiger partial charge on any atom is 0.116 e. The summed E-state index contributed by atoms with van der Waals surface area (Å²) in [5.74, 6) is 1.93. The van der Waals surface area contributed by atoms with Crippen molar-refractivity contribution in [1.29, 1.82) is 0 Å². The lowest BCUT2D eigenvalue weighted by molar-refractivity contribution is -0.0105. The number of nitrogens with two attached hydrogens (primary N) is 1. The molecule has 3 N–H and O–H groups in total. The number of hydrogen-bond acceptors (Lipinski definition) is 4. The van der Waals surface area contributed by atoms with Crippen LogP contribution in [0.25, 0.3) is 10.9 Å². The minimum absolute atomic E-state index is 0.0251. The van der Waals surface area contributed by atoms with Crippen molar-refractivity contribution in [3.05, 3.63) is 36.0 Å². The molecule has 0 radical (unpaired) electrons. The summed E-state index contributed by atoms with van der Waals surface area (Å²) in [5, 5.41) is 10.8. The third kappa shape index (κ3) is 2.50. The molecule has 2 aromatic rings. The van der Waals surface area contributed by atoms with Gasteiger partial charge in [0.2, 0.25) is 0 Å². The second-order valence-corrected chi connectivity index (χ2v) is 7.14. The summed E-state index contributed by atoms with van der Waals surface area (Å²) in [7, 11) is 0. The second-order valence-electron chi connectivity index (χ2n) is 7.14. The van der Waals surface area contributed by atoms with Gasteiger partial charge >= 0.3 is 0 Å². The van der Waals surface area contributed by atoms with Crippen LogP contribution in [0.2, 0.25) is 0 Å². The van der Waals surface area contributed by atoms with Crippen LogP contribution in [0.4, 0.5) is 0 Å². The highest BCUT2D eigenvalue weighted by Crippen LogP contribution is 2.42. The van der Waals surface area contributed by atoms with Crippen molar-refractivity contribution < 1.29 is 5.11 Å². The molecule has 4 nitrogen and oxygen atoms in total. The molecule has 3 aliphatic rings. The van der Waals surface area contributed by atoms with Crippen LogP contribution in [0.15, 0.2) is 30.5 Å². The number of piperidine rings is 3. The average Bonchev–Trinajstić information content (AvgIpc) is 2.60. The number of nitrogens with zero attached hydrogens (tertiary/aromatic N) is 2. The number of aromatic hydroxyl groups is 1. The Morgan fingerprint density at radius 1 is 1.39 bits per heavy atom. The summed E-state index contributed by atoms with van der Waals surface area (Å²) < 4.78 is 0. The standard InChI is InChI=1S/C19H25N3O/c1-2-12-11-22-8-6-13(12)9-18(22)19(20)15-5-7-21-17-4-3-14(23)10-16(15)17/h3-5,7,10,12-13,18-19,23H,2,6,8-9,11,20H2,1H3/t12-,13-,18-,19-/m0/s1. The van der Waals surface area contributed by atoms with Gasteiger partial charge in [0.1, 0.15) is 5.75 Å². The van der Waals surface area contributed by atoms with Crippen LogP contribution < -0.4 is 5.73 Å². The van der Waals surface area contributed by atoms with Crippen LogP contribution in [-0.4, -0.2) is 34.1 Å². The molecule has 122 valence electrons. The first-order chi connectivity index (χ1) is 11.2. The van der Waals surface area contributed by atoms with Crippen molar-refractivity contribution in [2.45, 2.75) is 38.3 Å². The van der Waals surface area contributed by atoms with Gasteiger partial charge in [-0.1, -0.05) is 13.3 Å². The van der Waals surface area contributed by atoms with Crippen molar-refractivity contribution in [2.24, 2.45) is 17.6 Å². The normalized spacial score (nSPS) is 31.4. The van der Waals surface area contributed by atoms with Gasteiger partial charge in [0.15, 0.2) is 0 Å². The molecule has 3 saturated heterocycles. The highest BCUT2D eigenvalue weighted by molar-refractivity contribution is 5.83. The van der Waals surface area contributed by atoms with Crippen LogP contribution in [0.1, 0.15) is 37.8 Å². The molecule has 4 heteroatoms. The molecule has 1 aromatic heterocycles. The third-order valence-corrected chi connectivity index (χ3v) is 5.99. The minimum Gasteiger partial charge on any atom is -0.508 e. The van der Waals surface area contributed by atoms with E-state index in [1.54, 1.807) is 12.1 Å². The summed E-state index contributed by atoms with van der Waals surface area (Å²) in [6, 6.07) is 7.74. The summed E-state index contributed by atoms with van der Waals surface area (Å²) in [6.45, 7) is 4.67. The maximum absolute atomic E-state index is 9.84. The molecule has 2 bridgehead atoms. The highest BCUT2D eigenvalue weighted by atomic mass is 16.3. The second kappa shape index (κ2) is 5.77. The molecule has 0 amide bonds. The molecule has 3 aliphatic heterocycles. The first kappa shape index (κ1) is 14.9. The Morgan fingerprint density at radius 3 is 3.00 bits per heavy atom. The van der Waals surface area contributed by atoms with Crippen LogP contribution in [0, 0.1) is 11.8 Å². The Hall–Kier alpha value is -1.65. The molecule has 4 heterocycles. The van der Waals surface area contributed by atoms with Crippen molar-refractivity contribution in [3.63, 3.8) is 0 Å². The van der Waals surface area contributed by atoms with Crippen molar-refractivity contribution >= 4 is 10.9 Å². The fourth-order valence-corrected chi connectivity index (χ4v) is 4.67. The molecular formula is C19H25N3O. The molecule has 0 spiro atoms. The zero-order valence-corrected chi connectivity index (χ0v) is 13.7. The lowest BCUT2D eigenvalue weighted by Crippen LogP contribution is -2.56. The van der Waals surface area contributed by atoms with Crippen LogP contribution in [0.5, 0.6) is 5.75 Å². The third-order valence-electron chi connectivity index (χ3n) is 5.99. The zero-order chi connectivity index (χ0) is 16.0. The van der Waals surface area contributed by atoms with Crippen LogP contribution in [0.3, 0.4) is 0 Å². The number of rotatable bonds is 3. The van der Waals surface area contributed by atoms with E-state index < -0.39 is 0 Å². The fourth-order valence-electron chi connectivity index (χ4n) is 4.67. The predicted octanol–water partition coefficient (Wildman–Crippen LogP) is 3.06. The number of fused-ring (bicyclic) bond motifs is 4. The molecule has 1 aromatic carbocycles. The molecule has 1 unspecified atom stereocenters. The lowest BCUT2D eigenvalue weighted by atomic mass is 9.72. The number of pyridine rings is 1. The molecule has 0 saturated carbocycles. The SMILES string of the molecule is CC[C@H]1CN2CC[C@H]1C[C@H]2[C@@H](N)c1ccnc2ccc(O)cc12. The van der Waals surface area contributed by atoms with Gasteiger partial charge in [0.25, 0.3) is 0 Å². The highest BCUT2D eigenvalue weighted by Gasteiger charge is 2.41. The zero-order valence-electron chi connectivity index (χ0n) is 13.7. The van der Waals surface area contributed by atoms with Gasteiger partial charge in [-0.25, -0.2) is 0 Å². The Balaban J connectivity index is 1.68. The van der Waals surface area contributed by atoms with Gasteiger partial charge < -0.3 is 10.8 Å². The first-order valence-corrected chi connectivity index (χ1v) is 8.74. The summed E-state index contributed by atoms with van der Waals surface area (Å²) >= 11 is 0. The van der Waals surface area contributed by atoms with E-state index >= 15 is 0 Å². The smallest absolute Gasteiger partial charge is 0.116 e. The van der Waals surface area contributed by atoms with Gasteiger partial charge in [-0.15, -0.1) is 0 Å². The van der Waals surface area contributed by atoms with E-state index in [-0.39, 0.29) is 11.8 Å². The van der Waals surface area contributed by atoms with E-state index in [2.05, 4.69) is 16.8 Å². The Bertz CT molecular complexity index is 717. The number of phenolic OH excluding ortho intramolecular Hbond substituents is 1. The number of hydrogen-bond donors (Lipinski definition) is 2. The Kier molecular flexibility index (Phi) is 3.74. The molecule has 5 atom stereocenters. The monoisotopic (exact) mass is 311 g/mol. The van der Waals surface area contributed by atoms with Gasteiger partial charge in [0, 0.05) is 30.2 Å².